The van der Waals surface area contributed by atoms with Gasteiger partial charge < -0.3 is 10.2 Å². The van der Waals surface area contributed by atoms with Crippen LogP contribution in [0.1, 0.15) is 22.3 Å². The second-order valence-electron chi connectivity index (χ2n) is 4.91. The van der Waals surface area contributed by atoms with Crippen LogP contribution in [0.25, 0.3) is 6.08 Å². The first-order valence-electron chi connectivity index (χ1n) is 7.04. The van der Waals surface area contributed by atoms with E-state index in [0.29, 0.717) is 5.56 Å². The SMILES string of the molecule is O=C(C=Cc1ccc(O)cc1)CC=CC(=O)c1ccc(O)cc1. The number of benzene rings is 2. The van der Waals surface area contributed by atoms with Crippen molar-refractivity contribution in [3.8, 4) is 11.5 Å². The summed E-state index contributed by atoms with van der Waals surface area (Å²) in [5, 5.41) is 18.3. The number of phenolic OH excluding ortho intramolecular Hbond substituents is 2. The van der Waals surface area contributed by atoms with E-state index < -0.39 is 0 Å². The van der Waals surface area contributed by atoms with E-state index in [0.717, 1.165) is 5.56 Å². The topological polar surface area (TPSA) is 74.6 Å². The number of phenols is 2. The van der Waals surface area contributed by atoms with Crippen LogP contribution in [-0.4, -0.2) is 21.8 Å². The van der Waals surface area contributed by atoms with Crippen molar-refractivity contribution in [3.63, 3.8) is 0 Å². The summed E-state index contributed by atoms with van der Waals surface area (Å²) < 4.78 is 0. The molecule has 4 heteroatoms. The largest absolute Gasteiger partial charge is 0.508 e. The highest BCUT2D eigenvalue weighted by atomic mass is 16.3. The van der Waals surface area contributed by atoms with Crippen molar-refractivity contribution in [2.45, 2.75) is 6.42 Å². The van der Waals surface area contributed by atoms with E-state index in [1.807, 2.05) is 0 Å². The Hall–Kier alpha value is -3.14. The monoisotopic (exact) mass is 308 g/mol. The molecular weight excluding hydrogens is 292 g/mol. The summed E-state index contributed by atoms with van der Waals surface area (Å²) in [5.41, 5.74) is 1.26. The average Bonchev–Trinajstić information content (AvgIpc) is 2.55. The molecule has 0 saturated heterocycles. The molecule has 23 heavy (non-hydrogen) atoms. The Bertz CT molecular complexity index is 738. The van der Waals surface area contributed by atoms with Crippen molar-refractivity contribution in [3.05, 3.63) is 77.9 Å². The smallest absolute Gasteiger partial charge is 0.185 e. The van der Waals surface area contributed by atoms with E-state index in [9.17, 15) is 9.59 Å². The number of rotatable bonds is 6. The van der Waals surface area contributed by atoms with E-state index in [-0.39, 0.29) is 29.5 Å². The summed E-state index contributed by atoms with van der Waals surface area (Å²) in [6, 6.07) is 12.4. The lowest BCUT2D eigenvalue weighted by molar-refractivity contribution is -0.113. The molecule has 0 fully saturated rings. The van der Waals surface area contributed by atoms with Crippen molar-refractivity contribution in [2.24, 2.45) is 0 Å². The van der Waals surface area contributed by atoms with Crippen molar-refractivity contribution in [2.75, 3.05) is 0 Å². The first-order valence-corrected chi connectivity index (χ1v) is 7.04. The minimum atomic E-state index is -0.222. The number of aromatic hydroxyl groups is 2. The maximum atomic E-state index is 11.8. The van der Waals surface area contributed by atoms with Gasteiger partial charge in [-0.1, -0.05) is 24.3 Å². The fourth-order valence-electron chi connectivity index (χ4n) is 1.85. The third-order valence-electron chi connectivity index (χ3n) is 3.09. The highest BCUT2D eigenvalue weighted by Gasteiger charge is 2.01. The molecule has 0 spiro atoms. The molecule has 2 aromatic carbocycles. The van der Waals surface area contributed by atoms with Crippen LogP contribution in [0.3, 0.4) is 0 Å². The standard InChI is InChI=1S/C19H16O4/c20-16(9-4-14-5-10-17(21)11-6-14)2-1-3-19(23)15-7-12-18(22)13-8-15/h1,3-13,21-22H,2H2. The zero-order valence-corrected chi connectivity index (χ0v) is 12.3. The fraction of sp³-hybridized carbons (Fsp3) is 0.0526. The fourth-order valence-corrected chi connectivity index (χ4v) is 1.85. The van der Waals surface area contributed by atoms with Gasteiger partial charge in [-0.2, -0.15) is 0 Å². The first kappa shape index (κ1) is 16.2. The van der Waals surface area contributed by atoms with Gasteiger partial charge in [-0.15, -0.1) is 0 Å². The summed E-state index contributed by atoms with van der Waals surface area (Å²) in [6.45, 7) is 0. The summed E-state index contributed by atoms with van der Waals surface area (Å²) in [6.07, 6.45) is 6.06. The van der Waals surface area contributed by atoms with Gasteiger partial charge in [0.1, 0.15) is 11.5 Å². The molecule has 116 valence electrons. The van der Waals surface area contributed by atoms with Gasteiger partial charge in [0, 0.05) is 12.0 Å². The molecule has 2 aromatic rings. The van der Waals surface area contributed by atoms with E-state index in [2.05, 4.69) is 0 Å². The average molecular weight is 308 g/mol. The molecule has 2 rings (SSSR count). The highest BCUT2D eigenvalue weighted by Crippen LogP contribution is 2.12. The van der Waals surface area contributed by atoms with Crippen molar-refractivity contribution in [1.29, 1.82) is 0 Å². The lowest BCUT2D eigenvalue weighted by atomic mass is 10.1. The van der Waals surface area contributed by atoms with Gasteiger partial charge in [0.25, 0.3) is 0 Å². The molecule has 0 radical (unpaired) electrons. The van der Waals surface area contributed by atoms with E-state index in [1.54, 1.807) is 30.3 Å². The van der Waals surface area contributed by atoms with Crippen molar-refractivity contribution >= 4 is 17.6 Å². The molecule has 0 aliphatic heterocycles. The molecule has 0 heterocycles. The molecule has 0 amide bonds. The minimum absolute atomic E-state index is 0.0973. The second kappa shape index (κ2) is 7.75. The molecule has 0 aliphatic rings. The Morgan fingerprint density at radius 1 is 0.826 bits per heavy atom. The molecular formula is C19H16O4. The Morgan fingerprint density at radius 2 is 1.39 bits per heavy atom. The van der Waals surface area contributed by atoms with Gasteiger partial charge in [0.2, 0.25) is 0 Å². The summed E-state index contributed by atoms with van der Waals surface area (Å²) in [4.78, 5) is 23.5. The van der Waals surface area contributed by atoms with Gasteiger partial charge in [0.05, 0.1) is 0 Å². The Balaban J connectivity index is 1.87. The Labute approximate surface area is 134 Å². The molecule has 0 saturated carbocycles. The number of carbonyl (C=O) groups is 2. The number of carbonyl (C=O) groups excluding carboxylic acids is 2. The zero-order valence-electron chi connectivity index (χ0n) is 12.3. The van der Waals surface area contributed by atoms with Crippen molar-refractivity contribution in [1.82, 2.24) is 0 Å². The summed E-state index contributed by atoms with van der Waals surface area (Å²) in [5.74, 6) is -0.0858. The molecule has 4 nitrogen and oxygen atoms in total. The molecule has 0 aliphatic carbocycles. The lowest BCUT2D eigenvalue weighted by Gasteiger charge is -1.96. The van der Waals surface area contributed by atoms with Gasteiger partial charge in [-0.05, 0) is 54.1 Å². The molecule has 0 bridgehead atoms. The Kier molecular flexibility index (Phi) is 5.47. The lowest BCUT2D eigenvalue weighted by Crippen LogP contribution is -1.95. The number of ketones is 2. The molecule has 0 unspecified atom stereocenters. The van der Waals surface area contributed by atoms with Gasteiger partial charge in [-0.25, -0.2) is 0 Å². The van der Waals surface area contributed by atoms with Crippen LogP contribution in [-0.2, 0) is 4.79 Å². The summed E-state index contributed by atoms with van der Waals surface area (Å²) in [7, 11) is 0. The second-order valence-corrected chi connectivity index (χ2v) is 4.91. The molecule has 0 atom stereocenters. The summed E-state index contributed by atoms with van der Waals surface area (Å²) >= 11 is 0. The van der Waals surface area contributed by atoms with E-state index in [4.69, 9.17) is 10.2 Å². The van der Waals surface area contributed by atoms with Gasteiger partial charge in [-0.3, -0.25) is 9.59 Å². The van der Waals surface area contributed by atoms with Crippen LogP contribution in [0.2, 0.25) is 0 Å². The number of allylic oxidation sites excluding steroid dienone is 3. The van der Waals surface area contributed by atoms with Crippen LogP contribution in [0.5, 0.6) is 11.5 Å². The van der Waals surface area contributed by atoms with Crippen LogP contribution in [0, 0.1) is 0 Å². The minimum Gasteiger partial charge on any atom is -0.508 e. The third-order valence-corrected chi connectivity index (χ3v) is 3.09. The van der Waals surface area contributed by atoms with Crippen molar-refractivity contribution < 1.29 is 19.8 Å². The van der Waals surface area contributed by atoms with Crippen LogP contribution < -0.4 is 0 Å². The van der Waals surface area contributed by atoms with Gasteiger partial charge >= 0.3 is 0 Å². The van der Waals surface area contributed by atoms with Crippen LogP contribution in [0.4, 0.5) is 0 Å². The zero-order chi connectivity index (χ0) is 16.7. The predicted octanol–water partition coefficient (Wildman–Crippen LogP) is 3.51. The maximum absolute atomic E-state index is 11.8. The van der Waals surface area contributed by atoms with Gasteiger partial charge in [0.15, 0.2) is 11.6 Å². The number of hydrogen-bond acceptors (Lipinski definition) is 4. The third kappa shape index (κ3) is 5.28. The quantitative estimate of drug-likeness (QED) is 0.632. The first-order chi connectivity index (χ1) is 11.0. The van der Waals surface area contributed by atoms with E-state index in [1.165, 1.54) is 42.5 Å². The normalized spacial score (nSPS) is 11.1. The van der Waals surface area contributed by atoms with E-state index >= 15 is 0 Å². The Morgan fingerprint density at radius 3 is 2.00 bits per heavy atom. The maximum Gasteiger partial charge on any atom is 0.185 e. The highest BCUT2D eigenvalue weighted by molar-refractivity contribution is 6.05. The predicted molar refractivity (Wildman–Crippen MR) is 88.3 cm³/mol. The van der Waals surface area contributed by atoms with Crippen LogP contribution >= 0.6 is 0 Å². The number of hydrogen-bond donors (Lipinski definition) is 2. The van der Waals surface area contributed by atoms with Crippen LogP contribution in [0.15, 0.2) is 66.8 Å². The molecule has 0 aromatic heterocycles. The molecule has 2 N–H and O–H groups in total.